The molecule has 0 unspecified atom stereocenters. The summed E-state index contributed by atoms with van der Waals surface area (Å²) in [6.07, 6.45) is 2.96. The normalized spacial score (nSPS) is 10.6. The quantitative estimate of drug-likeness (QED) is 0.859. The molecule has 0 spiro atoms. The summed E-state index contributed by atoms with van der Waals surface area (Å²) in [5.41, 5.74) is 7.73. The summed E-state index contributed by atoms with van der Waals surface area (Å²) in [4.78, 5) is 1.13. The third-order valence-corrected chi connectivity index (χ3v) is 3.55. The van der Waals surface area contributed by atoms with Crippen molar-refractivity contribution in [1.82, 2.24) is 5.16 Å². The maximum Gasteiger partial charge on any atom is 0.170 e. The Kier molecular flexibility index (Phi) is 3.81. The zero-order valence-corrected chi connectivity index (χ0v) is 11.5. The molecule has 2 aromatic rings. The van der Waals surface area contributed by atoms with Gasteiger partial charge in [0, 0.05) is 16.5 Å². The van der Waals surface area contributed by atoms with Crippen molar-refractivity contribution in [1.29, 1.82) is 0 Å². The highest BCUT2D eigenvalue weighted by Gasteiger charge is 2.14. The fourth-order valence-corrected chi connectivity index (χ4v) is 2.49. The van der Waals surface area contributed by atoms with E-state index in [9.17, 15) is 0 Å². The highest BCUT2D eigenvalue weighted by atomic mass is 32.2. The minimum Gasteiger partial charge on any atom is -0.496 e. The molecule has 1 heterocycles. The Hall–Kier alpha value is -1.62. The van der Waals surface area contributed by atoms with Gasteiger partial charge in [-0.1, -0.05) is 12.1 Å². The fourth-order valence-electron chi connectivity index (χ4n) is 1.85. The molecule has 0 amide bonds. The maximum absolute atomic E-state index is 5.59. The Labute approximate surface area is 110 Å². The smallest absolute Gasteiger partial charge is 0.170 e. The molecule has 0 aliphatic heterocycles. The zero-order valence-electron chi connectivity index (χ0n) is 10.7. The van der Waals surface area contributed by atoms with Crippen LogP contribution in [-0.4, -0.2) is 18.5 Å². The Balaban J connectivity index is 2.58. The molecular formula is C13H16N2O2S. The molecule has 0 radical (unpaired) electrons. The van der Waals surface area contributed by atoms with E-state index in [1.807, 2.05) is 12.3 Å². The Bertz CT molecular complexity index is 552. The monoisotopic (exact) mass is 264 g/mol. The number of thioether (sulfide) groups is 1. The van der Waals surface area contributed by atoms with E-state index in [1.54, 1.807) is 24.9 Å². The van der Waals surface area contributed by atoms with Crippen molar-refractivity contribution in [2.45, 2.75) is 18.2 Å². The number of anilines is 1. The van der Waals surface area contributed by atoms with Gasteiger partial charge < -0.3 is 15.0 Å². The molecule has 1 aromatic heterocycles. The van der Waals surface area contributed by atoms with Crippen LogP contribution in [0.4, 0.5) is 5.82 Å². The topological polar surface area (TPSA) is 61.3 Å². The number of ether oxygens (including phenoxy) is 1. The van der Waals surface area contributed by atoms with Gasteiger partial charge in [-0.2, -0.15) is 0 Å². The van der Waals surface area contributed by atoms with Crippen molar-refractivity contribution in [2.24, 2.45) is 0 Å². The van der Waals surface area contributed by atoms with Crippen LogP contribution in [-0.2, 0) is 6.42 Å². The van der Waals surface area contributed by atoms with Gasteiger partial charge in [0.1, 0.15) is 5.75 Å². The van der Waals surface area contributed by atoms with Gasteiger partial charge >= 0.3 is 0 Å². The number of benzene rings is 1. The molecule has 0 aliphatic carbocycles. The molecule has 18 heavy (non-hydrogen) atoms. The van der Waals surface area contributed by atoms with Gasteiger partial charge in [0.15, 0.2) is 11.6 Å². The van der Waals surface area contributed by atoms with Gasteiger partial charge in [0.05, 0.1) is 7.11 Å². The molecule has 96 valence electrons. The van der Waals surface area contributed by atoms with Gasteiger partial charge in [-0.25, -0.2) is 0 Å². The van der Waals surface area contributed by atoms with Crippen LogP contribution in [0.1, 0.15) is 12.5 Å². The molecule has 0 atom stereocenters. The second kappa shape index (κ2) is 5.35. The van der Waals surface area contributed by atoms with Crippen LogP contribution in [0.15, 0.2) is 27.6 Å². The first-order valence-corrected chi connectivity index (χ1v) is 6.89. The van der Waals surface area contributed by atoms with Gasteiger partial charge in [0.2, 0.25) is 0 Å². The van der Waals surface area contributed by atoms with E-state index >= 15 is 0 Å². The average Bonchev–Trinajstić information content (AvgIpc) is 2.83. The zero-order chi connectivity index (χ0) is 13.1. The number of aryl methyl sites for hydroxylation is 1. The van der Waals surface area contributed by atoms with E-state index in [4.69, 9.17) is 15.0 Å². The lowest BCUT2D eigenvalue weighted by molar-refractivity contribution is 0.408. The molecule has 1 aromatic carbocycles. The van der Waals surface area contributed by atoms with Crippen molar-refractivity contribution < 1.29 is 9.26 Å². The fraction of sp³-hybridized carbons (Fsp3) is 0.308. The number of nitrogen functional groups attached to an aromatic ring is 1. The van der Waals surface area contributed by atoms with Crippen LogP contribution in [0.2, 0.25) is 0 Å². The maximum atomic E-state index is 5.59. The van der Waals surface area contributed by atoms with Crippen molar-refractivity contribution in [3.63, 3.8) is 0 Å². The lowest BCUT2D eigenvalue weighted by Gasteiger charge is -2.11. The van der Waals surface area contributed by atoms with Crippen molar-refractivity contribution in [3.8, 4) is 17.1 Å². The molecule has 4 nitrogen and oxygen atoms in total. The van der Waals surface area contributed by atoms with Crippen molar-refractivity contribution >= 4 is 17.6 Å². The van der Waals surface area contributed by atoms with Gasteiger partial charge in [0.25, 0.3) is 0 Å². The first-order valence-electron chi connectivity index (χ1n) is 5.67. The summed E-state index contributed by atoms with van der Waals surface area (Å²) >= 11 is 1.66. The second-order valence-electron chi connectivity index (χ2n) is 3.83. The standard InChI is InChI=1S/C13H16N2O2S/c1-4-8-5-12(18-3)9(6-10(8)16-2)11-7-13(14)15-17-11/h5-7H,4H2,1-3H3,(H2,14,15). The molecule has 0 fully saturated rings. The number of nitrogens with two attached hydrogens (primary N) is 1. The molecule has 0 aliphatic rings. The molecule has 2 rings (SSSR count). The molecule has 5 heteroatoms. The highest BCUT2D eigenvalue weighted by molar-refractivity contribution is 7.98. The predicted molar refractivity (Wildman–Crippen MR) is 74.1 cm³/mol. The van der Waals surface area contributed by atoms with Crippen LogP contribution in [0.3, 0.4) is 0 Å². The van der Waals surface area contributed by atoms with E-state index in [-0.39, 0.29) is 0 Å². The highest BCUT2D eigenvalue weighted by Crippen LogP contribution is 2.36. The number of rotatable bonds is 4. The largest absolute Gasteiger partial charge is 0.496 e. The van der Waals surface area contributed by atoms with E-state index in [0.29, 0.717) is 11.6 Å². The van der Waals surface area contributed by atoms with Gasteiger partial charge in [-0.05, 0) is 30.4 Å². The summed E-state index contributed by atoms with van der Waals surface area (Å²) in [5, 5.41) is 3.72. The van der Waals surface area contributed by atoms with Gasteiger partial charge in [-0.3, -0.25) is 0 Å². The summed E-state index contributed by atoms with van der Waals surface area (Å²) in [7, 11) is 1.67. The minimum absolute atomic E-state index is 0.385. The number of nitrogens with zero attached hydrogens (tertiary/aromatic N) is 1. The van der Waals surface area contributed by atoms with Crippen LogP contribution >= 0.6 is 11.8 Å². The predicted octanol–water partition coefficient (Wildman–Crippen LogP) is 3.22. The lowest BCUT2D eigenvalue weighted by Crippen LogP contribution is -1.93. The molecule has 2 N–H and O–H groups in total. The second-order valence-corrected chi connectivity index (χ2v) is 4.68. The SMILES string of the molecule is CCc1cc(SC)c(-c2cc(N)no2)cc1OC. The van der Waals surface area contributed by atoms with Crippen LogP contribution in [0.25, 0.3) is 11.3 Å². The Morgan fingerprint density at radius 1 is 1.39 bits per heavy atom. The van der Waals surface area contributed by atoms with Gasteiger partial charge in [-0.15, -0.1) is 11.8 Å². The molecule has 0 bridgehead atoms. The average molecular weight is 264 g/mol. The Morgan fingerprint density at radius 2 is 2.17 bits per heavy atom. The van der Waals surface area contributed by atoms with E-state index < -0.39 is 0 Å². The number of hydrogen-bond acceptors (Lipinski definition) is 5. The van der Waals surface area contributed by atoms with Crippen molar-refractivity contribution in [3.05, 3.63) is 23.8 Å². The number of hydrogen-bond donors (Lipinski definition) is 1. The summed E-state index contributed by atoms with van der Waals surface area (Å²) in [5.74, 6) is 1.91. The summed E-state index contributed by atoms with van der Waals surface area (Å²) in [6.45, 7) is 2.11. The van der Waals surface area contributed by atoms with Crippen LogP contribution in [0.5, 0.6) is 5.75 Å². The third-order valence-electron chi connectivity index (χ3n) is 2.78. The van der Waals surface area contributed by atoms with E-state index in [1.165, 1.54) is 5.56 Å². The first-order chi connectivity index (χ1) is 8.69. The van der Waals surface area contributed by atoms with Crippen molar-refractivity contribution in [2.75, 3.05) is 19.1 Å². The van der Waals surface area contributed by atoms with Crippen LogP contribution < -0.4 is 10.5 Å². The number of methoxy groups -OCH3 is 1. The summed E-state index contributed by atoms with van der Waals surface area (Å²) in [6, 6.07) is 5.82. The molecular weight excluding hydrogens is 248 g/mol. The van der Waals surface area contributed by atoms with E-state index in [0.717, 1.165) is 22.6 Å². The first kappa shape index (κ1) is 12.8. The summed E-state index contributed by atoms with van der Waals surface area (Å²) < 4.78 is 10.6. The lowest BCUT2D eigenvalue weighted by atomic mass is 10.1. The Morgan fingerprint density at radius 3 is 2.67 bits per heavy atom. The third kappa shape index (κ3) is 2.31. The molecule has 0 saturated heterocycles. The number of aromatic nitrogens is 1. The molecule has 0 saturated carbocycles. The minimum atomic E-state index is 0.385. The van der Waals surface area contributed by atoms with Crippen LogP contribution in [0, 0.1) is 0 Å². The van der Waals surface area contributed by atoms with E-state index in [2.05, 4.69) is 18.1 Å².